The highest BCUT2D eigenvalue weighted by Gasteiger charge is 2.25. The Hall–Kier alpha value is -3.33. The van der Waals surface area contributed by atoms with Crippen molar-refractivity contribution in [2.75, 3.05) is 6.26 Å². The van der Waals surface area contributed by atoms with Crippen molar-refractivity contribution in [3.8, 4) is 22.4 Å². The molecule has 0 saturated carbocycles. The van der Waals surface area contributed by atoms with Crippen LogP contribution in [0, 0.1) is 0 Å². The Labute approximate surface area is 165 Å². The molecule has 0 aliphatic carbocycles. The van der Waals surface area contributed by atoms with Crippen LogP contribution in [0.4, 0.5) is 8.78 Å². The van der Waals surface area contributed by atoms with Crippen LogP contribution in [-0.4, -0.2) is 25.0 Å². The van der Waals surface area contributed by atoms with Gasteiger partial charge in [0.15, 0.2) is 9.84 Å². The molecule has 4 rings (SSSR count). The molecule has 0 radical (unpaired) electrons. The van der Waals surface area contributed by atoms with E-state index in [9.17, 15) is 17.2 Å². The first-order chi connectivity index (χ1) is 13.9. The molecular formula is C20H16F2N2O4S. The minimum Gasteiger partial charge on any atom is -0.365 e. The minimum atomic E-state index is -3.36. The number of hydrogen-bond acceptors (Lipinski definition) is 6. The molecule has 4 aromatic rings. The van der Waals surface area contributed by atoms with E-state index < -0.39 is 22.0 Å². The lowest BCUT2D eigenvalue weighted by molar-refractivity contribution is 0.113. The highest BCUT2D eigenvalue weighted by atomic mass is 32.2. The molecule has 0 atom stereocenters. The van der Waals surface area contributed by atoms with Crippen LogP contribution >= 0.6 is 0 Å². The van der Waals surface area contributed by atoms with Crippen LogP contribution in [-0.2, 0) is 9.84 Å². The van der Waals surface area contributed by atoms with E-state index in [-0.39, 0.29) is 16.2 Å². The average molecular weight is 418 g/mol. The van der Waals surface area contributed by atoms with Gasteiger partial charge in [-0.1, -0.05) is 52.8 Å². The van der Waals surface area contributed by atoms with Crippen molar-refractivity contribution in [2.45, 2.75) is 11.3 Å². The maximum absolute atomic E-state index is 13.3. The van der Waals surface area contributed by atoms with Crippen molar-refractivity contribution in [3.63, 3.8) is 0 Å². The summed E-state index contributed by atoms with van der Waals surface area (Å²) in [5.41, 5.74) is 1.50. The van der Waals surface area contributed by atoms with Gasteiger partial charge in [0.25, 0.3) is 6.43 Å². The first-order valence-electron chi connectivity index (χ1n) is 8.36. The van der Waals surface area contributed by atoms with Gasteiger partial charge in [-0.05, 0) is 23.8 Å². The van der Waals surface area contributed by atoms with Gasteiger partial charge in [-0.3, -0.25) is 0 Å². The van der Waals surface area contributed by atoms with E-state index in [0.29, 0.717) is 11.1 Å². The SMILES string of the molecule is CS(=O)(=O)c1ccc(-c2c(-c3ccccc3)noc2C(F)F)cc1.c1cnoc1. The molecule has 2 aromatic carbocycles. The van der Waals surface area contributed by atoms with Gasteiger partial charge in [-0.15, -0.1) is 0 Å². The number of nitrogens with zero attached hydrogens (tertiary/aromatic N) is 2. The molecule has 0 spiro atoms. The third kappa shape index (κ3) is 4.94. The number of aromatic nitrogens is 2. The van der Waals surface area contributed by atoms with Crippen molar-refractivity contribution in [2.24, 2.45) is 0 Å². The van der Waals surface area contributed by atoms with Crippen LogP contribution in [0.5, 0.6) is 0 Å². The van der Waals surface area contributed by atoms with Crippen LogP contribution in [0.2, 0.25) is 0 Å². The summed E-state index contributed by atoms with van der Waals surface area (Å²) in [6, 6.07) is 16.2. The van der Waals surface area contributed by atoms with Gasteiger partial charge in [0, 0.05) is 11.8 Å². The summed E-state index contributed by atoms with van der Waals surface area (Å²) in [6.07, 6.45) is 1.35. The van der Waals surface area contributed by atoms with Crippen LogP contribution in [0.3, 0.4) is 0 Å². The van der Waals surface area contributed by atoms with Crippen molar-refractivity contribution >= 4 is 9.84 Å². The second-order valence-electron chi connectivity index (χ2n) is 5.92. The van der Waals surface area contributed by atoms with E-state index in [2.05, 4.69) is 14.8 Å². The van der Waals surface area contributed by atoms with E-state index in [4.69, 9.17) is 4.52 Å². The monoisotopic (exact) mass is 418 g/mol. The zero-order valence-corrected chi connectivity index (χ0v) is 16.0. The average Bonchev–Trinajstić information content (AvgIpc) is 3.41. The van der Waals surface area contributed by atoms with Crippen molar-refractivity contribution < 1.29 is 26.2 Å². The van der Waals surface area contributed by atoms with Gasteiger partial charge in [0.2, 0.25) is 5.76 Å². The van der Waals surface area contributed by atoms with Crippen LogP contribution < -0.4 is 0 Å². The Morgan fingerprint density at radius 2 is 1.62 bits per heavy atom. The zero-order chi connectivity index (χ0) is 20.9. The summed E-state index contributed by atoms with van der Waals surface area (Å²) in [6.45, 7) is 0. The van der Waals surface area contributed by atoms with Crippen molar-refractivity contribution in [1.29, 1.82) is 0 Å². The van der Waals surface area contributed by atoms with E-state index in [1.807, 2.05) is 0 Å². The third-order valence-electron chi connectivity index (χ3n) is 3.88. The molecule has 0 amide bonds. The van der Waals surface area contributed by atoms with E-state index >= 15 is 0 Å². The highest BCUT2D eigenvalue weighted by Crippen LogP contribution is 2.39. The van der Waals surface area contributed by atoms with E-state index in [1.165, 1.54) is 30.5 Å². The zero-order valence-electron chi connectivity index (χ0n) is 15.2. The molecule has 6 nitrogen and oxygen atoms in total. The molecule has 0 N–H and O–H groups in total. The maximum Gasteiger partial charge on any atom is 0.298 e. The molecule has 0 aliphatic rings. The number of rotatable bonds is 4. The predicted octanol–water partition coefficient (Wildman–Crippen LogP) is 5.02. The third-order valence-corrected chi connectivity index (χ3v) is 5.01. The van der Waals surface area contributed by atoms with Gasteiger partial charge >= 0.3 is 0 Å². The van der Waals surface area contributed by atoms with Crippen LogP contribution in [0.15, 0.2) is 87.1 Å². The summed E-state index contributed by atoms with van der Waals surface area (Å²) in [4.78, 5) is 0.113. The van der Waals surface area contributed by atoms with Gasteiger partial charge in [0.1, 0.15) is 12.0 Å². The summed E-state index contributed by atoms with van der Waals surface area (Å²) in [5.74, 6) is -0.541. The maximum atomic E-state index is 13.3. The Bertz CT molecular complexity index is 1120. The molecule has 9 heteroatoms. The number of hydrogen-bond donors (Lipinski definition) is 0. The van der Waals surface area contributed by atoms with E-state index in [1.54, 1.807) is 42.6 Å². The van der Waals surface area contributed by atoms with Gasteiger partial charge in [-0.25, -0.2) is 17.2 Å². The quantitative estimate of drug-likeness (QED) is 0.462. The summed E-state index contributed by atoms with van der Waals surface area (Å²) in [7, 11) is -3.36. The molecule has 2 heterocycles. The fraction of sp³-hybridized carbons (Fsp3) is 0.100. The lowest BCUT2D eigenvalue weighted by Gasteiger charge is -2.06. The summed E-state index contributed by atoms with van der Waals surface area (Å²) >= 11 is 0. The topological polar surface area (TPSA) is 86.2 Å². The first kappa shape index (κ1) is 20.4. The number of alkyl halides is 2. The predicted molar refractivity (Wildman–Crippen MR) is 102 cm³/mol. The fourth-order valence-corrected chi connectivity index (χ4v) is 3.20. The molecular weight excluding hydrogens is 402 g/mol. The van der Waals surface area contributed by atoms with E-state index in [0.717, 1.165) is 6.26 Å². The number of halogens is 2. The fourth-order valence-electron chi connectivity index (χ4n) is 2.57. The molecule has 0 fully saturated rings. The van der Waals surface area contributed by atoms with Crippen molar-refractivity contribution in [1.82, 2.24) is 10.3 Å². The number of sulfone groups is 1. The molecule has 0 unspecified atom stereocenters. The summed E-state index contributed by atoms with van der Waals surface area (Å²) < 4.78 is 58.8. The lowest BCUT2D eigenvalue weighted by atomic mass is 9.99. The number of benzene rings is 2. The Morgan fingerprint density at radius 1 is 0.931 bits per heavy atom. The molecule has 0 aliphatic heterocycles. The largest absolute Gasteiger partial charge is 0.365 e. The molecule has 0 bridgehead atoms. The van der Waals surface area contributed by atoms with Gasteiger partial charge < -0.3 is 9.05 Å². The minimum absolute atomic E-state index is 0.113. The molecule has 29 heavy (non-hydrogen) atoms. The van der Waals surface area contributed by atoms with Gasteiger partial charge in [-0.2, -0.15) is 0 Å². The normalized spacial score (nSPS) is 11.2. The second-order valence-corrected chi connectivity index (χ2v) is 7.94. The van der Waals surface area contributed by atoms with Gasteiger partial charge in [0.05, 0.1) is 16.7 Å². The smallest absolute Gasteiger partial charge is 0.298 e. The highest BCUT2D eigenvalue weighted by molar-refractivity contribution is 7.90. The Balaban J connectivity index is 0.000000419. The Kier molecular flexibility index (Phi) is 6.18. The van der Waals surface area contributed by atoms with Crippen LogP contribution in [0.1, 0.15) is 12.2 Å². The lowest BCUT2D eigenvalue weighted by Crippen LogP contribution is -1.96. The first-order valence-corrected chi connectivity index (χ1v) is 10.2. The Morgan fingerprint density at radius 3 is 2.10 bits per heavy atom. The van der Waals surface area contributed by atoms with Crippen molar-refractivity contribution in [3.05, 3.63) is 78.9 Å². The van der Waals surface area contributed by atoms with Crippen LogP contribution in [0.25, 0.3) is 22.4 Å². The summed E-state index contributed by atoms with van der Waals surface area (Å²) in [5, 5.41) is 7.13. The molecule has 2 aromatic heterocycles. The molecule has 0 saturated heterocycles. The standard InChI is InChI=1S/C17H13F2NO3S.C3H3NO/c1-24(21,22)13-9-7-11(8-10-13)14-15(12-5-3-2-4-6-12)20-23-16(14)17(18)19;1-2-4-5-3-1/h2-10,17H,1H3;1-3H. The molecule has 150 valence electrons. The second kappa shape index (κ2) is 8.78.